The maximum Gasteiger partial charge on any atom is 0.411 e. The lowest BCUT2D eigenvalue weighted by molar-refractivity contribution is 0.0622. The van der Waals surface area contributed by atoms with E-state index in [-0.39, 0.29) is 0 Å². The van der Waals surface area contributed by atoms with Crippen LogP contribution in [0.4, 0.5) is 16.2 Å². The van der Waals surface area contributed by atoms with Crippen LogP contribution in [0.25, 0.3) is 4.91 Å². The third-order valence-electron chi connectivity index (χ3n) is 3.87. The molecule has 2 aliphatic heterocycles. The summed E-state index contributed by atoms with van der Waals surface area (Å²) in [5, 5.41) is 2.75. The number of hydrogen-bond acceptors (Lipinski definition) is 5. The molecule has 0 aromatic heterocycles. The van der Waals surface area contributed by atoms with Crippen molar-refractivity contribution in [2.75, 3.05) is 43.5 Å². The first-order valence-corrected chi connectivity index (χ1v) is 8.45. The molecule has 1 saturated heterocycles. The van der Waals surface area contributed by atoms with E-state index in [4.69, 9.17) is 10.5 Å². The van der Waals surface area contributed by atoms with Gasteiger partial charge >= 0.3 is 6.09 Å². The van der Waals surface area contributed by atoms with E-state index in [1.165, 1.54) is 4.91 Å². The molecule has 1 fully saturated rings. The van der Waals surface area contributed by atoms with E-state index < -0.39 is 6.09 Å². The minimum absolute atomic E-state index is 0.438. The molecule has 0 aliphatic carbocycles. The topological polar surface area (TPSA) is 67.6 Å². The molecule has 1 aromatic rings. The van der Waals surface area contributed by atoms with Crippen LogP contribution in [0.15, 0.2) is 24.3 Å². The number of nitrogens with one attached hydrogen (secondary N) is 1. The Morgan fingerprint density at radius 3 is 3.00 bits per heavy atom. The van der Waals surface area contributed by atoms with Gasteiger partial charge in [-0.25, -0.2) is 4.79 Å². The van der Waals surface area contributed by atoms with Crippen LogP contribution in [0, 0.1) is 5.92 Å². The molecule has 118 valence electrons. The van der Waals surface area contributed by atoms with Crippen molar-refractivity contribution in [3.8, 4) is 0 Å². The Morgan fingerprint density at radius 2 is 2.32 bits per heavy atom. The Balaban J connectivity index is 1.58. The number of ether oxygens (including phenoxy) is 1. The van der Waals surface area contributed by atoms with Gasteiger partial charge in [-0.05, 0) is 31.2 Å². The van der Waals surface area contributed by atoms with E-state index >= 15 is 0 Å². The zero-order valence-electron chi connectivity index (χ0n) is 12.7. The number of rotatable bonds is 4. The maximum atomic E-state index is 11.9. The molecule has 0 unspecified atom stereocenters. The third-order valence-corrected chi connectivity index (χ3v) is 5.02. The Bertz CT molecular complexity index is 597. The van der Waals surface area contributed by atoms with Gasteiger partial charge in [-0.15, -0.1) is 11.8 Å². The number of carbonyl (C=O) groups is 1. The average Bonchev–Trinajstić information content (AvgIpc) is 2.99. The summed E-state index contributed by atoms with van der Waals surface area (Å²) in [6.07, 6.45) is 2.86. The molecule has 3 N–H and O–H groups in total. The van der Waals surface area contributed by atoms with Crippen LogP contribution in [0.1, 0.15) is 12.0 Å². The number of allylic oxidation sites excluding steroid dienone is 1. The first kappa shape index (κ1) is 15.2. The molecule has 2 heterocycles. The Kier molecular flexibility index (Phi) is 4.59. The first-order chi connectivity index (χ1) is 10.6. The van der Waals surface area contributed by atoms with Gasteiger partial charge in [0.1, 0.15) is 0 Å². The maximum absolute atomic E-state index is 11.9. The summed E-state index contributed by atoms with van der Waals surface area (Å²) in [5.74, 6) is 1.56. The van der Waals surface area contributed by atoms with Gasteiger partial charge in [0.25, 0.3) is 0 Å². The summed E-state index contributed by atoms with van der Waals surface area (Å²) in [4.78, 5) is 15.3. The summed E-state index contributed by atoms with van der Waals surface area (Å²) in [7, 11) is 2.05. The van der Waals surface area contributed by atoms with Crippen LogP contribution >= 0.6 is 11.8 Å². The van der Waals surface area contributed by atoms with Crippen molar-refractivity contribution in [3.63, 3.8) is 0 Å². The van der Waals surface area contributed by atoms with Crippen LogP contribution in [-0.4, -0.2) is 43.5 Å². The number of carbonyl (C=O) groups excluding carboxylic acids is 1. The molecule has 0 spiro atoms. The highest BCUT2D eigenvalue weighted by molar-refractivity contribution is 8.08. The summed E-state index contributed by atoms with van der Waals surface area (Å²) in [6, 6.07) is 5.73. The number of likely N-dealkylation sites (tertiary alicyclic amines) is 1. The Labute approximate surface area is 134 Å². The molecule has 5 nitrogen and oxygen atoms in total. The van der Waals surface area contributed by atoms with Gasteiger partial charge in [-0.1, -0.05) is 12.1 Å². The zero-order chi connectivity index (χ0) is 15.5. The van der Waals surface area contributed by atoms with Gasteiger partial charge in [0, 0.05) is 29.7 Å². The van der Waals surface area contributed by atoms with Crippen LogP contribution in [-0.2, 0) is 4.74 Å². The number of benzene rings is 1. The number of hydrogen-bond donors (Lipinski definition) is 2. The van der Waals surface area contributed by atoms with Crippen LogP contribution in [0.5, 0.6) is 0 Å². The number of nitrogens with two attached hydrogens (primary N) is 1. The Morgan fingerprint density at radius 1 is 1.50 bits per heavy atom. The highest BCUT2D eigenvalue weighted by atomic mass is 32.2. The molecular formula is C16H21N3O2S. The third kappa shape index (κ3) is 3.56. The quantitative estimate of drug-likeness (QED) is 0.835. The lowest BCUT2D eigenvalue weighted by Crippen LogP contribution is -2.46. The van der Waals surface area contributed by atoms with Crippen molar-refractivity contribution in [2.45, 2.75) is 6.42 Å². The second-order valence-corrected chi connectivity index (χ2v) is 6.95. The van der Waals surface area contributed by atoms with Crippen molar-refractivity contribution < 1.29 is 9.53 Å². The average molecular weight is 319 g/mol. The second-order valence-electron chi connectivity index (χ2n) is 5.82. The van der Waals surface area contributed by atoms with Crippen molar-refractivity contribution in [2.24, 2.45) is 5.92 Å². The molecule has 0 bridgehead atoms. The smallest absolute Gasteiger partial charge is 0.411 e. The molecule has 22 heavy (non-hydrogen) atoms. The van der Waals surface area contributed by atoms with Crippen LogP contribution in [0.3, 0.4) is 0 Å². The largest absolute Gasteiger partial charge is 0.449 e. The van der Waals surface area contributed by atoms with Gasteiger partial charge < -0.3 is 15.4 Å². The van der Waals surface area contributed by atoms with Crippen molar-refractivity contribution in [1.29, 1.82) is 0 Å². The second kappa shape index (κ2) is 6.62. The Hall–Kier alpha value is -1.66. The number of nitrogens with zero attached hydrogens (tertiary/aromatic N) is 1. The monoisotopic (exact) mass is 319 g/mol. The number of amides is 1. The minimum atomic E-state index is -0.438. The predicted molar refractivity (Wildman–Crippen MR) is 91.9 cm³/mol. The van der Waals surface area contributed by atoms with E-state index in [0.29, 0.717) is 23.9 Å². The van der Waals surface area contributed by atoms with E-state index in [1.807, 2.05) is 30.0 Å². The standard InChI is InChI=1S/C16H21N3O2S/c1-19-8-11(9-19)10-21-16(20)18-14-7-12(4-5-13(14)17)15-3-2-6-22-15/h3-5,7,11H,2,6,8-10,17H2,1H3,(H,18,20). The van der Waals surface area contributed by atoms with Gasteiger partial charge in [-0.3, -0.25) is 5.32 Å². The zero-order valence-corrected chi connectivity index (χ0v) is 13.5. The van der Waals surface area contributed by atoms with Gasteiger partial charge in [0.15, 0.2) is 0 Å². The van der Waals surface area contributed by atoms with E-state index in [1.54, 1.807) is 0 Å². The van der Waals surface area contributed by atoms with E-state index in [2.05, 4.69) is 23.3 Å². The fourth-order valence-corrected chi connectivity index (χ4v) is 3.69. The lowest BCUT2D eigenvalue weighted by atomic mass is 10.0. The highest BCUT2D eigenvalue weighted by Crippen LogP contribution is 2.36. The summed E-state index contributed by atoms with van der Waals surface area (Å²) >= 11 is 1.83. The van der Waals surface area contributed by atoms with E-state index in [0.717, 1.165) is 30.8 Å². The molecule has 2 aliphatic rings. The molecule has 6 heteroatoms. The van der Waals surface area contributed by atoms with Crippen molar-refractivity contribution in [3.05, 3.63) is 29.8 Å². The minimum Gasteiger partial charge on any atom is -0.449 e. The summed E-state index contributed by atoms with van der Waals surface area (Å²) in [5.41, 5.74) is 8.20. The fraction of sp³-hybridized carbons (Fsp3) is 0.438. The molecule has 1 aromatic carbocycles. The van der Waals surface area contributed by atoms with Gasteiger partial charge in [0.05, 0.1) is 18.0 Å². The molecule has 3 rings (SSSR count). The summed E-state index contributed by atoms with van der Waals surface area (Å²) in [6.45, 7) is 2.42. The SMILES string of the molecule is CN1CC(COC(=O)Nc2cc(C3=CCCS3)ccc2N)C1. The molecular weight excluding hydrogens is 298 g/mol. The molecule has 0 radical (unpaired) electrons. The van der Waals surface area contributed by atoms with Gasteiger partial charge in [0.2, 0.25) is 0 Å². The first-order valence-electron chi connectivity index (χ1n) is 7.47. The van der Waals surface area contributed by atoms with Crippen molar-refractivity contribution in [1.82, 2.24) is 4.90 Å². The van der Waals surface area contributed by atoms with Gasteiger partial charge in [-0.2, -0.15) is 0 Å². The molecule has 1 amide bonds. The predicted octanol–water partition coefficient (Wildman–Crippen LogP) is 2.86. The molecule has 0 atom stereocenters. The number of thioether (sulfide) groups is 1. The van der Waals surface area contributed by atoms with Crippen LogP contribution in [0.2, 0.25) is 0 Å². The lowest BCUT2D eigenvalue weighted by Gasteiger charge is -2.35. The van der Waals surface area contributed by atoms with E-state index in [9.17, 15) is 4.79 Å². The highest BCUT2D eigenvalue weighted by Gasteiger charge is 2.24. The summed E-state index contributed by atoms with van der Waals surface area (Å²) < 4.78 is 5.27. The molecule has 0 saturated carbocycles. The fourth-order valence-electron chi connectivity index (χ4n) is 2.71. The van der Waals surface area contributed by atoms with Crippen molar-refractivity contribution >= 4 is 34.1 Å². The van der Waals surface area contributed by atoms with Crippen LogP contribution < -0.4 is 11.1 Å². The number of anilines is 2. The number of nitrogen functional groups attached to an aromatic ring is 1. The normalized spacial score (nSPS) is 18.7.